The fourth-order valence-corrected chi connectivity index (χ4v) is 12.7. The minimum Gasteiger partial charge on any atom is -0.310 e. The van der Waals surface area contributed by atoms with Crippen LogP contribution in [0, 0.1) is 0 Å². The van der Waals surface area contributed by atoms with Crippen molar-refractivity contribution in [3.8, 4) is 33.4 Å². The van der Waals surface area contributed by atoms with Gasteiger partial charge in [0, 0.05) is 22.5 Å². The first-order valence-corrected chi connectivity index (χ1v) is 24.0. The normalized spacial score (nSPS) is 15.3. The molecule has 0 bridgehead atoms. The van der Waals surface area contributed by atoms with Crippen molar-refractivity contribution in [1.29, 1.82) is 0 Å². The molecule has 0 amide bonds. The predicted octanol–water partition coefficient (Wildman–Crippen LogP) is 17.4. The molecule has 0 aromatic heterocycles. The Hall–Kier alpha value is -8.26. The second-order valence-corrected chi connectivity index (χ2v) is 19.5. The molecule has 0 saturated carbocycles. The molecular weight excluding hydrogens is 819 g/mol. The molecule has 0 saturated heterocycles. The highest BCUT2D eigenvalue weighted by Gasteiger charge is 2.56. The molecule has 0 atom stereocenters. The smallest absolute Gasteiger partial charge is 0.0729 e. The molecule has 0 fully saturated rings. The summed E-state index contributed by atoms with van der Waals surface area (Å²) in [7, 11) is 0. The maximum absolute atomic E-state index is 2.56. The summed E-state index contributed by atoms with van der Waals surface area (Å²) >= 11 is 0. The van der Waals surface area contributed by atoms with E-state index < -0.39 is 5.41 Å². The fraction of sp³-hybridized carbons (Fsp3) is 0.0746. The highest BCUT2D eigenvalue weighted by Crippen LogP contribution is 2.69. The van der Waals surface area contributed by atoms with Crippen LogP contribution in [0.5, 0.6) is 0 Å². The molecule has 1 nitrogen and oxygen atoms in total. The van der Waals surface area contributed by atoms with Gasteiger partial charge in [0.25, 0.3) is 0 Å². The molecule has 4 aliphatic rings. The summed E-state index contributed by atoms with van der Waals surface area (Å²) in [6.45, 7) is 4.80. The zero-order valence-electron chi connectivity index (χ0n) is 38.2. The summed E-state index contributed by atoms with van der Waals surface area (Å²) in [5, 5.41) is 2.46. The number of rotatable bonds is 6. The van der Waals surface area contributed by atoms with Gasteiger partial charge in [0.05, 0.1) is 5.41 Å². The molecule has 0 N–H and O–H groups in total. The zero-order chi connectivity index (χ0) is 45.1. The van der Waals surface area contributed by atoms with Gasteiger partial charge in [0.1, 0.15) is 0 Å². The van der Waals surface area contributed by atoms with Crippen molar-refractivity contribution >= 4 is 44.6 Å². The maximum Gasteiger partial charge on any atom is 0.0729 e. The topological polar surface area (TPSA) is 3.24 Å². The van der Waals surface area contributed by atoms with Crippen LogP contribution >= 0.6 is 0 Å². The summed E-state index contributed by atoms with van der Waals surface area (Å²) in [6, 6.07) is 88.9. The van der Waals surface area contributed by atoms with Crippen LogP contribution in [0.15, 0.2) is 242 Å². The van der Waals surface area contributed by atoms with E-state index in [2.05, 4.69) is 255 Å². The Morgan fingerprint density at radius 1 is 0.324 bits per heavy atom. The molecule has 0 radical (unpaired) electrons. The summed E-state index contributed by atoms with van der Waals surface area (Å²) in [5.41, 5.74) is 26.8. The van der Waals surface area contributed by atoms with Crippen LogP contribution in [0.1, 0.15) is 64.8 Å². The van der Waals surface area contributed by atoms with Gasteiger partial charge >= 0.3 is 0 Å². The van der Waals surface area contributed by atoms with Gasteiger partial charge in [0.2, 0.25) is 0 Å². The molecule has 0 heterocycles. The van der Waals surface area contributed by atoms with Gasteiger partial charge in [0.15, 0.2) is 0 Å². The number of hydrogen-bond donors (Lipinski definition) is 0. The SMILES string of the molecule is CC1(C)c2cc(-c3ccccc3)ccc2-c2ccc(N(c3ccc4c(c3)C3(C5=C4CC(c4ccccc4)=C5c4ccccc4)c4ccccc4-c4ccccc43)c3ccc4ccccc4c3)cc21. The number of benzene rings is 10. The summed E-state index contributed by atoms with van der Waals surface area (Å²) in [4.78, 5) is 2.52. The van der Waals surface area contributed by atoms with Crippen LogP contribution in [0.2, 0.25) is 0 Å². The lowest BCUT2D eigenvalue weighted by molar-refractivity contribution is 0.660. The molecule has 0 aliphatic heterocycles. The molecule has 1 heteroatoms. The Kier molecular flexibility index (Phi) is 8.38. The zero-order valence-corrected chi connectivity index (χ0v) is 38.2. The van der Waals surface area contributed by atoms with Crippen molar-refractivity contribution in [2.45, 2.75) is 31.1 Å². The van der Waals surface area contributed by atoms with Crippen LogP contribution < -0.4 is 4.90 Å². The third kappa shape index (κ3) is 5.45. The summed E-state index contributed by atoms with van der Waals surface area (Å²) < 4.78 is 0. The van der Waals surface area contributed by atoms with Gasteiger partial charge in [-0.05, 0) is 160 Å². The molecule has 10 aromatic rings. The van der Waals surface area contributed by atoms with E-state index >= 15 is 0 Å². The fourth-order valence-electron chi connectivity index (χ4n) is 12.7. The van der Waals surface area contributed by atoms with E-state index in [1.165, 1.54) is 111 Å². The Bertz CT molecular complexity index is 3730. The number of allylic oxidation sites excluding steroid dienone is 4. The van der Waals surface area contributed by atoms with Crippen molar-refractivity contribution in [2.75, 3.05) is 4.90 Å². The lowest BCUT2D eigenvalue weighted by atomic mass is 9.66. The molecule has 4 aliphatic carbocycles. The van der Waals surface area contributed by atoms with Gasteiger partial charge in [-0.25, -0.2) is 0 Å². The van der Waals surface area contributed by atoms with Gasteiger partial charge in [-0.3, -0.25) is 0 Å². The van der Waals surface area contributed by atoms with Crippen molar-refractivity contribution in [2.24, 2.45) is 0 Å². The van der Waals surface area contributed by atoms with Crippen LogP contribution in [-0.4, -0.2) is 0 Å². The van der Waals surface area contributed by atoms with Crippen LogP contribution in [0.25, 0.3) is 60.9 Å². The average molecular weight is 866 g/mol. The third-order valence-electron chi connectivity index (χ3n) is 15.7. The number of fused-ring (bicyclic) bond motifs is 13. The van der Waals surface area contributed by atoms with Crippen LogP contribution in [0.4, 0.5) is 17.1 Å². The maximum atomic E-state index is 2.56. The van der Waals surface area contributed by atoms with E-state index in [1.807, 2.05) is 0 Å². The minimum atomic E-state index is -0.539. The molecule has 68 heavy (non-hydrogen) atoms. The third-order valence-corrected chi connectivity index (χ3v) is 15.7. The van der Waals surface area contributed by atoms with Gasteiger partial charge in [-0.15, -0.1) is 0 Å². The van der Waals surface area contributed by atoms with E-state index in [1.54, 1.807) is 0 Å². The number of hydrogen-bond acceptors (Lipinski definition) is 1. The van der Waals surface area contributed by atoms with E-state index in [0.29, 0.717) is 0 Å². The Balaban J connectivity index is 1.00. The van der Waals surface area contributed by atoms with E-state index in [9.17, 15) is 0 Å². The molecule has 1 spiro atoms. The molecule has 10 aromatic carbocycles. The highest BCUT2D eigenvalue weighted by molar-refractivity contribution is 6.17. The minimum absolute atomic E-state index is 0.207. The Morgan fingerprint density at radius 2 is 0.809 bits per heavy atom. The molecule has 0 unspecified atom stereocenters. The Morgan fingerprint density at radius 3 is 1.49 bits per heavy atom. The van der Waals surface area contributed by atoms with E-state index in [0.717, 1.165) is 23.5 Å². The van der Waals surface area contributed by atoms with Crippen molar-refractivity contribution in [1.82, 2.24) is 0 Å². The first kappa shape index (κ1) is 39.0. The van der Waals surface area contributed by atoms with E-state index in [-0.39, 0.29) is 5.41 Å². The van der Waals surface area contributed by atoms with Crippen molar-refractivity contribution < 1.29 is 0 Å². The van der Waals surface area contributed by atoms with Crippen LogP contribution in [0.3, 0.4) is 0 Å². The second kappa shape index (κ2) is 14.6. The first-order valence-electron chi connectivity index (χ1n) is 24.0. The standard InChI is InChI=1S/C67H47N/c1-66(2)61-39-48(43-18-6-3-7-19-43)31-35-54(61)55-36-33-50(40-62(55)66)68(49-32-30-44-20-12-13-25-47(44)38-49)51-34-37-56-58-42-57(45-21-8-4-9-22-45)64(46-23-10-5-11-24-46)65(58)67(63(56)41-51)59-28-16-14-26-52(59)53-27-15-17-29-60(53)67/h3-41H,42H2,1-2H3. The van der Waals surface area contributed by atoms with E-state index in [4.69, 9.17) is 0 Å². The van der Waals surface area contributed by atoms with Crippen molar-refractivity contribution in [3.63, 3.8) is 0 Å². The number of nitrogens with zero attached hydrogens (tertiary/aromatic N) is 1. The lowest BCUT2D eigenvalue weighted by Gasteiger charge is -2.35. The highest BCUT2D eigenvalue weighted by atomic mass is 15.1. The lowest BCUT2D eigenvalue weighted by Crippen LogP contribution is -2.28. The second-order valence-electron chi connectivity index (χ2n) is 19.5. The average Bonchev–Trinajstić information content (AvgIpc) is 4.09. The number of anilines is 3. The largest absolute Gasteiger partial charge is 0.310 e. The van der Waals surface area contributed by atoms with Gasteiger partial charge in [-0.1, -0.05) is 208 Å². The summed E-state index contributed by atoms with van der Waals surface area (Å²) in [6.07, 6.45) is 0.864. The van der Waals surface area contributed by atoms with Gasteiger partial charge in [-0.2, -0.15) is 0 Å². The quantitative estimate of drug-likeness (QED) is 0.161. The predicted molar refractivity (Wildman–Crippen MR) is 285 cm³/mol. The molecule has 320 valence electrons. The molecule has 14 rings (SSSR count). The first-order chi connectivity index (χ1) is 33.5. The Labute approximate surface area is 398 Å². The van der Waals surface area contributed by atoms with Gasteiger partial charge < -0.3 is 4.90 Å². The molecular formula is C67H47N. The summed E-state index contributed by atoms with van der Waals surface area (Å²) in [5.74, 6) is 0. The monoisotopic (exact) mass is 865 g/mol. The van der Waals surface area contributed by atoms with Crippen molar-refractivity contribution in [3.05, 3.63) is 287 Å². The van der Waals surface area contributed by atoms with Crippen LogP contribution in [-0.2, 0) is 10.8 Å².